The molecule has 130 valence electrons. The molecule has 0 aliphatic carbocycles. The topological polar surface area (TPSA) is 87.6 Å². The lowest BCUT2D eigenvalue weighted by Crippen LogP contribution is -2.10. The third-order valence-corrected chi connectivity index (χ3v) is 3.88. The van der Waals surface area contributed by atoms with Crippen LogP contribution in [0.3, 0.4) is 0 Å². The number of nitrogens with zero attached hydrogens (tertiary/aromatic N) is 2. The van der Waals surface area contributed by atoms with Crippen LogP contribution in [-0.4, -0.2) is 23.2 Å². The van der Waals surface area contributed by atoms with Crippen LogP contribution in [0.1, 0.15) is 16.1 Å². The molecule has 0 atom stereocenters. The summed E-state index contributed by atoms with van der Waals surface area (Å²) < 4.78 is 21.4. The molecule has 0 fully saturated rings. The summed E-state index contributed by atoms with van der Waals surface area (Å²) in [6.45, 7) is 1.74. The van der Waals surface area contributed by atoms with Gasteiger partial charge in [0.1, 0.15) is 5.69 Å². The summed E-state index contributed by atoms with van der Waals surface area (Å²) in [6, 6.07) is 12.0. The fourth-order valence-electron chi connectivity index (χ4n) is 2.66. The van der Waals surface area contributed by atoms with Crippen LogP contribution >= 0.6 is 0 Å². The Bertz CT molecular complexity index is 1080. The van der Waals surface area contributed by atoms with Gasteiger partial charge in [-0.25, -0.2) is 9.78 Å². The van der Waals surface area contributed by atoms with E-state index in [1.807, 2.05) is 0 Å². The summed E-state index contributed by atoms with van der Waals surface area (Å²) in [7, 11) is 1.51. The number of para-hydroxylation sites is 2. The molecule has 4 rings (SSSR count). The first-order valence-electron chi connectivity index (χ1n) is 7.83. The maximum Gasteiger partial charge on any atom is 0.344 e. The van der Waals surface area contributed by atoms with Gasteiger partial charge in [-0.3, -0.25) is 0 Å². The Hall–Kier alpha value is -3.61. The molecule has 26 heavy (non-hydrogen) atoms. The molecule has 1 aromatic carbocycles. The lowest BCUT2D eigenvalue weighted by molar-refractivity contribution is 0.0731. The quantitative estimate of drug-likeness (QED) is 0.406. The fraction of sp³-hybridized carbons (Fsp3) is 0.105. The lowest BCUT2D eigenvalue weighted by atomic mass is 10.1. The van der Waals surface area contributed by atoms with Crippen LogP contribution in [0.4, 0.5) is 0 Å². The number of aromatic nitrogens is 2. The molecule has 0 unspecified atom stereocenters. The van der Waals surface area contributed by atoms with Crippen molar-refractivity contribution in [2.24, 2.45) is 0 Å². The number of rotatable bonds is 4. The average Bonchev–Trinajstić information content (AvgIpc) is 3.32. The summed E-state index contributed by atoms with van der Waals surface area (Å²) in [5, 5.41) is 4.40. The van der Waals surface area contributed by atoms with Gasteiger partial charge in [-0.15, -0.1) is 0 Å². The van der Waals surface area contributed by atoms with Crippen LogP contribution < -0.4 is 9.47 Å². The smallest absolute Gasteiger partial charge is 0.344 e. The van der Waals surface area contributed by atoms with Crippen molar-refractivity contribution in [1.82, 2.24) is 10.1 Å². The molecule has 0 aliphatic heterocycles. The van der Waals surface area contributed by atoms with E-state index in [1.165, 1.54) is 13.4 Å². The molecule has 0 amide bonds. The number of hydrogen-bond acceptors (Lipinski definition) is 7. The largest absolute Gasteiger partial charge is 0.493 e. The number of pyridine rings is 1. The third-order valence-electron chi connectivity index (χ3n) is 3.88. The lowest BCUT2D eigenvalue weighted by Gasteiger charge is -2.09. The van der Waals surface area contributed by atoms with Crippen molar-refractivity contribution in [3.05, 3.63) is 60.0 Å². The molecule has 3 aromatic heterocycles. The maximum absolute atomic E-state index is 12.9. The van der Waals surface area contributed by atoms with Gasteiger partial charge in [-0.05, 0) is 37.3 Å². The number of methoxy groups -OCH3 is 1. The molecule has 3 heterocycles. The van der Waals surface area contributed by atoms with Gasteiger partial charge >= 0.3 is 5.97 Å². The zero-order chi connectivity index (χ0) is 18.1. The SMILES string of the molecule is COc1ccccc1OC(=O)c1cc(-c2ccco2)nc2onc(C)c12. The highest BCUT2D eigenvalue weighted by Crippen LogP contribution is 2.30. The zero-order valence-electron chi connectivity index (χ0n) is 14.1. The minimum atomic E-state index is -0.569. The summed E-state index contributed by atoms with van der Waals surface area (Å²) in [5.74, 6) is 0.714. The van der Waals surface area contributed by atoms with E-state index in [0.29, 0.717) is 34.0 Å². The van der Waals surface area contributed by atoms with Crippen LogP contribution in [0.15, 0.2) is 57.7 Å². The summed E-state index contributed by atoms with van der Waals surface area (Å²) in [4.78, 5) is 17.2. The van der Waals surface area contributed by atoms with E-state index < -0.39 is 5.97 Å². The standard InChI is InChI=1S/C19H14N2O5/c1-11-17-12(19(22)25-16-7-4-3-6-15(16)23-2)10-13(14-8-5-9-24-14)20-18(17)26-21-11/h3-10H,1-2H3. The van der Waals surface area contributed by atoms with Crippen molar-refractivity contribution in [2.75, 3.05) is 7.11 Å². The molecule has 0 aliphatic rings. The van der Waals surface area contributed by atoms with E-state index in [9.17, 15) is 4.79 Å². The number of ether oxygens (including phenoxy) is 2. The first-order valence-corrected chi connectivity index (χ1v) is 7.83. The molecule has 0 bridgehead atoms. The second kappa shape index (κ2) is 6.36. The Morgan fingerprint density at radius 1 is 1.12 bits per heavy atom. The van der Waals surface area contributed by atoms with Crippen LogP contribution in [0.2, 0.25) is 0 Å². The van der Waals surface area contributed by atoms with Gasteiger partial charge in [0.25, 0.3) is 5.71 Å². The predicted molar refractivity (Wildman–Crippen MR) is 92.2 cm³/mol. The van der Waals surface area contributed by atoms with E-state index in [-0.39, 0.29) is 11.3 Å². The second-order valence-corrected chi connectivity index (χ2v) is 5.52. The van der Waals surface area contributed by atoms with E-state index in [2.05, 4.69) is 10.1 Å². The highest BCUT2D eigenvalue weighted by molar-refractivity contribution is 6.05. The molecule has 4 aromatic rings. The van der Waals surface area contributed by atoms with Crippen molar-refractivity contribution >= 4 is 17.1 Å². The molecule has 0 saturated heterocycles. The Morgan fingerprint density at radius 2 is 1.92 bits per heavy atom. The number of fused-ring (bicyclic) bond motifs is 1. The van der Waals surface area contributed by atoms with Gasteiger partial charge in [-0.2, -0.15) is 0 Å². The van der Waals surface area contributed by atoms with E-state index in [1.54, 1.807) is 49.4 Å². The van der Waals surface area contributed by atoms with Gasteiger partial charge in [0.2, 0.25) is 0 Å². The summed E-state index contributed by atoms with van der Waals surface area (Å²) >= 11 is 0. The van der Waals surface area contributed by atoms with E-state index >= 15 is 0 Å². The molecular weight excluding hydrogens is 336 g/mol. The number of carbonyl (C=O) groups excluding carboxylic acids is 1. The molecular formula is C19H14N2O5. The maximum atomic E-state index is 12.9. The Labute approximate surface area is 148 Å². The van der Waals surface area contributed by atoms with Gasteiger partial charge in [0.05, 0.1) is 30.0 Å². The van der Waals surface area contributed by atoms with Crippen molar-refractivity contribution in [3.63, 3.8) is 0 Å². The molecule has 0 N–H and O–H groups in total. The van der Waals surface area contributed by atoms with Crippen LogP contribution in [0.25, 0.3) is 22.6 Å². The minimum absolute atomic E-state index is 0.239. The van der Waals surface area contributed by atoms with Crippen molar-refractivity contribution < 1.29 is 23.2 Å². The Morgan fingerprint density at radius 3 is 2.65 bits per heavy atom. The van der Waals surface area contributed by atoms with Crippen molar-refractivity contribution in [3.8, 4) is 23.0 Å². The van der Waals surface area contributed by atoms with Crippen LogP contribution in [0.5, 0.6) is 11.5 Å². The third kappa shape index (κ3) is 2.69. The number of furan rings is 1. The monoisotopic (exact) mass is 350 g/mol. The summed E-state index contributed by atoms with van der Waals surface area (Å²) in [6.07, 6.45) is 1.53. The van der Waals surface area contributed by atoms with Gasteiger partial charge in [-0.1, -0.05) is 17.3 Å². The van der Waals surface area contributed by atoms with E-state index in [4.69, 9.17) is 18.4 Å². The minimum Gasteiger partial charge on any atom is -0.493 e. The van der Waals surface area contributed by atoms with Crippen LogP contribution in [-0.2, 0) is 0 Å². The number of aryl methyl sites for hydroxylation is 1. The highest BCUT2D eigenvalue weighted by Gasteiger charge is 2.22. The van der Waals surface area contributed by atoms with Gasteiger partial charge in [0.15, 0.2) is 17.3 Å². The number of benzene rings is 1. The number of esters is 1. The fourth-order valence-corrected chi connectivity index (χ4v) is 2.66. The normalized spacial score (nSPS) is 10.8. The molecule has 7 heteroatoms. The number of hydrogen-bond donors (Lipinski definition) is 0. The predicted octanol–water partition coefficient (Wildman–Crippen LogP) is 4.02. The second-order valence-electron chi connectivity index (χ2n) is 5.52. The molecule has 0 radical (unpaired) electrons. The summed E-state index contributed by atoms with van der Waals surface area (Å²) in [5.41, 5.74) is 1.52. The first-order chi connectivity index (χ1) is 12.7. The Balaban J connectivity index is 1.81. The van der Waals surface area contributed by atoms with Crippen molar-refractivity contribution in [2.45, 2.75) is 6.92 Å². The van der Waals surface area contributed by atoms with Gasteiger partial charge < -0.3 is 18.4 Å². The molecule has 0 saturated carbocycles. The Kier molecular flexibility index (Phi) is 3.89. The average molecular weight is 350 g/mol. The highest BCUT2D eigenvalue weighted by atomic mass is 16.6. The molecule has 7 nitrogen and oxygen atoms in total. The zero-order valence-corrected chi connectivity index (χ0v) is 14.1. The molecule has 0 spiro atoms. The van der Waals surface area contributed by atoms with E-state index in [0.717, 1.165) is 0 Å². The van der Waals surface area contributed by atoms with Crippen LogP contribution in [0, 0.1) is 6.92 Å². The number of carbonyl (C=O) groups is 1. The van der Waals surface area contributed by atoms with Gasteiger partial charge in [0, 0.05) is 0 Å². The first kappa shape index (κ1) is 15.9. The van der Waals surface area contributed by atoms with Crippen molar-refractivity contribution in [1.29, 1.82) is 0 Å².